The van der Waals surface area contributed by atoms with Gasteiger partial charge in [-0.1, -0.05) is 67.0 Å². The summed E-state index contributed by atoms with van der Waals surface area (Å²) in [6, 6.07) is 16.4. The number of carbonyl (C=O) groups excluding carboxylic acids is 2. The number of fused-ring (bicyclic) bond motifs is 1. The molecule has 0 fully saturated rings. The maximum Gasteiger partial charge on any atom is 0.475 e. The summed E-state index contributed by atoms with van der Waals surface area (Å²) < 4.78 is 0. The molecule has 3 aromatic rings. The molecule has 38 heavy (non-hydrogen) atoms. The van der Waals surface area contributed by atoms with Gasteiger partial charge in [-0.2, -0.15) is 0 Å². The van der Waals surface area contributed by atoms with Gasteiger partial charge in [0.15, 0.2) is 0 Å². The Kier molecular flexibility index (Phi) is 8.66. The molecule has 11 heteroatoms. The van der Waals surface area contributed by atoms with Gasteiger partial charge in [-0.3, -0.25) is 14.6 Å². The fourth-order valence-corrected chi connectivity index (χ4v) is 4.76. The molecule has 2 heterocycles. The first kappa shape index (κ1) is 27.6. The van der Waals surface area contributed by atoms with Crippen LogP contribution >= 0.6 is 11.6 Å². The Hall–Kier alpha value is -3.47. The summed E-state index contributed by atoms with van der Waals surface area (Å²) in [5.41, 5.74) is 0.0461. The topological polar surface area (TPSA) is 133 Å². The molecule has 0 saturated heterocycles. The van der Waals surface area contributed by atoms with E-state index in [4.69, 9.17) is 16.4 Å². The normalized spacial score (nSPS) is 17.6. The van der Waals surface area contributed by atoms with Crippen LogP contribution in [0, 0.1) is 5.92 Å². The van der Waals surface area contributed by atoms with Gasteiger partial charge in [0.05, 0.1) is 18.2 Å². The maximum atomic E-state index is 13.5. The maximum absolute atomic E-state index is 13.5. The third-order valence-electron chi connectivity index (χ3n) is 6.38. The molecule has 4 rings (SSSR count). The standard InChI is InChI=1S/C27H30BClN4O5/c1-17(2)12-23(28(36)37)32-26(35)27(14-18-6-5-8-20(29)13-18)15-21(33-38-27)16-31-25(34)24-22-9-4-3-7-19(22)10-11-30-24/h3-11,13,17,23,36-37H,12,14-16H2,1-2H3,(H,31,34)(H,32,35)/t23-,27?/m0/s1. The number of carbonyl (C=O) groups is 2. The van der Waals surface area contributed by atoms with E-state index >= 15 is 0 Å². The molecule has 0 saturated carbocycles. The molecule has 1 aliphatic heterocycles. The van der Waals surface area contributed by atoms with Gasteiger partial charge < -0.3 is 25.5 Å². The average Bonchev–Trinajstić information content (AvgIpc) is 3.30. The summed E-state index contributed by atoms with van der Waals surface area (Å²) in [6.45, 7) is 3.89. The Labute approximate surface area is 226 Å². The molecule has 9 nitrogen and oxygen atoms in total. The molecular weight excluding hydrogens is 507 g/mol. The van der Waals surface area contributed by atoms with E-state index in [0.29, 0.717) is 22.8 Å². The number of aromatic nitrogens is 1. The highest BCUT2D eigenvalue weighted by molar-refractivity contribution is 6.43. The van der Waals surface area contributed by atoms with Gasteiger partial charge in [0.2, 0.25) is 5.60 Å². The molecule has 4 N–H and O–H groups in total. The van der Waals surface area contributed by atoms with Crippen molar-refractivity contribution in [2.45, 2.75) is 44.7 Å². The minimum Gasteiger partial charge on any atom is -0.426 e. The third kappa shape index (κ3) is 6.50. The van der Waals surface area contributed by atoms with E-state index in [1.807, 2.05) is 50.2 Å². The molecule has 1 aromatic heterocycles. The monoisotopic (exact) mass is 536 g/mol. The van der Waals surface area contributed by atoms with Crippen LogP contribution < -0.4 is 10.6 Å². The highest BCUT2D eigenvalue weighted by Crippen LogP contribution is 2.30. The SMILES string of the molecule is CC(C)C[C@H](NC(=O)C1(Cc2cccc(Cl)c2)CC(CNC(=O)c2nccc3ccccc23)=NO1)B(O)O. The van der Waals surface area contributed by atoms with Gasteiger partial charge in [-0.05, 0) is 41.5 Å². The third-order valence-corrected chi connectivity index (χ3v) is 6.61. The second-order valence-corrected chi connectivity index (χ2v) is 10.3. The predicted molar refractivity (Wildman–Crippen MR) is 147 cm³/mol. The van der Waals surface area contributed by atoms with Crippen molar-refractivity contribution in [1.82, 2.24) is 15.6 Å². The summed E-state index contributed by atoms with van der Waals surface area (Å²) >= 11 is 6.16. The fourth-order valence-electron chi connectivity index (χ4n) is 4.54. The minimum atomic E-state index is -1.74. The largest absolute Gasteiger partial charge is 0.475 e. The van der Waals surface area contributed by atoms with E-state index < -0.39 is 24.6 Å². The first-order valence-electron chi connectivity index (χ1n) is 12.4. The minimum absolute atomic E-state index is 0.0480. The lowest BCUT2D eigenvalue weighted by molar-refractivity contribution is -0.144. The summed E-state index contributed by atoms with van der Waals surface area (Å²) in [5, 5.41) is 31.5. The van der Waals surface area contributed by atoms with Crippen molar-refractivity contribution >= 4 is 47.0 Å². The van der Waals surface area contributed by atoms with Crippen LogP contribution in [0.4, 0.5) is 0 Å². The lowest BCUT2D eigenvalue weighted by Gasteiger charge is -2.29. The zero-order valence-corrected chi connectivity index (χ0v) is 22.0. The Balaban J connectivity index is 1.50. The van der Waals surface area contributed by atoms with Crippen molar-refractivity contribution in [3.05, 3.63) is 77.1 Å². The Morgan fingerprint density at radius 1 is 1.16 bits per heavy atom. The molecule has 2 aromatic carbocycles. The quantitative estimate of drug-likeness (QED) is 0.295. The number of nitrogens with one attached hydrogen (secondary N) is 2. The molecule has 1 unspecified atom stereocenters. The van der Waals surface area contributed by atoms with Gasteiger partial charge in [0.1, 0.15) is 5.69 Å². The second-order valence-electron chi connectivity index (χ2n) is 9.91. The van der Waals surface area contributed by atoms with Crippen LogP contribution in [0.3, 0.4) is 0 Å². The van der Waals surface area contributed by atoms with E-state index in [-0.39, 0.29) is 31.2 Å². The van der Waals surface area contributed by atoms with Gasteiger partial charge in [-0.25, -0.2) is 0 Å². The van der Waals surface area contributed by atoms with Crippen molar-refractivity contribution in [1.29, 1.82) is 0 Å². The molecule has 0 bridgehead atoms. The van der Waals surface area contributed by atoms with E-state index in [1.54, 1.807) is 24.4 Å². The Bertz CT molecular complexity index is 1350. The Morgan fingerprint density at radius 2 is 1.95 bits per heavy atom. The van der Waals surface area contributed by atoms with Crippen LogP contribution in [0.5, 0.6) is 0 Å². The smallest absolute Gasteiger partial charge is 0.426 e. The van der Waals surface area contributed by atoms with Gasteiger partial charge in [0.25, 0.3) is 11.8 Å². The number of hydrogen-bond acceptors (Lipinski definition) is 7. The zero-order valence-electron chi connectivity index (χ0n) is 21.2. The Morgan fingerprint density at radius 3 is 2.68 bits per heavy atom. The van der Waals surface area contributed by atoms with E-state index in [0.717, 1.165) is 16.3 Å². The van der Waals surface area contributed by atoms with Gasteiger partial charge in [-0.15, -0.1) is 0 Å². The molecule has 2 amide bonds. The summed E-state index contributed by atoms with van der Waals surface area (Å²) in [7, 11) is -1.74. The van der Waals surface area contributed by atoms with Gasteiger partial charge >= 0.3 is 7.12 Å². The van der Waals surface area contributed by atoms with Crippen LogP contribution in [0.2, 0.25) is 5.02 Å². The van der Waals surface area contributed by atoms with Gasteiger partial charge in [0, 0.05) is 29.4 Å². The molecular formula is C27H30BClN4O5. The van der Waals surface area contributed by atoms with Crippen molar-refractivity contribution < 1.29 is 24.5 Å². The number of rotatable bonds is 10. The highest BCUT2D eigenvalue weighted by atomic mass is 35.5. The van der Waals surface area contributed by atoms with Crippen LogP contribution in [-0.2, 0) is 16.1 Å². The highest BCUT2D eigenvalue weighted by Gasteiger charge is 2.48. The molecule has 1 aliphatic rings. The van der Waals surface area contributed by atoms with Crippen LogP contribution in [0.25, 0.3) is 10.8 Å². The number of nitrogens with zero attached hydrogens (tertiary/aromatic N) is 2. The lowest BCUT2D eigenvalue weighted by Crippen LogP contribution is -2.56. The number of oxime groups is 1. The number of amides is 2. The molecule has 0 radical (unpaired) electrons. The van der Waals surface area contributed by atoms with Crippen LogP contribution in [0.15, 0.2) is 65.9 Å². The zero-order chi connectivity index (χ0) is 27.3. The predicted octanol–water partition coefficient (Wildman–Crippen LogP) is 2.92. The van der Waals surface area contributed by atoms with E-state index in [1.165, 1.54) is 0 Å². The number of benzene rings is 2. The number of halogens is 1. The summed E-state index contributed by atoms with van der Waals surface area (Å²) in [4.78, 5) is 36.5. The number of hydrogen-bond donors (Lipinski definition) is 4. The first-order chi connectivity index (χ1) is 18.2. The average molecular weight is 537 g/mol. The van der Waals surface area contributed by atoms with E-state index in [2.05, 4.69) is 20.8 Å². The lowest BCUT2D eigenvalue weighted by atomic mass is 9.74. The van der Waals surface area contributed by atoms with Crippen molar-refractivity contribution in [3.8, 4) is 0 Å². The molecule has 0 aliphatic carbocycles. The molecule has 0 spiro atoms. The van der Waals surface area contributed by atoms with E-state index in [9.17, 15) is 19.6 Å². The fraction of sp³-hybridized carbons (Fsp3) is 0.333. The van der Waals surface area contributed by atoms with Crippen LogP contribution in [0.1, 0.15) is 42.7 Å². The summed E-state index contributed by atoms with van der Waals surface area (Å²) in [5.74, 6) is -1.68. The van der Waals surface area contributed by atoms with Crippen molar-refractivity contribution in [2.24, 2.45) is 11.1 Å². The molecule has 2 atom stereocenters. The van der Waals surface area contributed by atoms with Crippen LogP contribution in [-0.4, -0.2) is 57.8 Å². The second kappa shape index (κ2) is 11.9. The van der Waals surface area contributed by atoms with Crippen molar-refractivity contribution in [3.63, 3.8) is 0 Å². The summed E-state index contributed by atoms with van der Waals surface area (Å²) in [6.07, 6.45) is 2.17. The molecule has 198 valence electrons. The first-order valence-corrected chi connectivity index (χ1v) is 12.8. The number of pyridine rings is 1. The van der Waals surface area contributed by atoms with Crippen molar-refractivity contribution in [2.75, 3.05) is 6.54 Å².